The van der Waals surface area contributed by atoms with Gasteiger partial charge in [-0.05, 0) is 73.9 Å². The number of nitrogens with two attached hydrogens (primary N) is 1. The number of halogens is 1. The van der Waals surface area contributed by atoms with Crippen LogP contribution in [0.4, 0.5) is 11.4 Å². The minimum absolute atomic E-state index is 0.232. The maximum atomic E-state index is 12.7. The SMILES string of the molecule is Cc1nn(-c2ccc(N)cc2)c2c1CCc1ccc(NC(=O)c3ccccc3Cl)cc1-2. The molecule has 1 aromatic heterocycles. The molecule has 1 heterocycles. The molecule has 3 N–H and O–H groups in total. The van der Waals surface area contributed by atoms with Crippen LogP contribution in [-0.2, 0) is 12.8 Å². The lowest BCUT2D eigenvalue weighted by atomic mass is 9.88. The molecule has 1 aliphatic carbocycles. The monoisotopic (exact) mass is 428 g/mol. The maximum absolute atomic E-state index is 12.7. The fourth-order valence-electron chi connectivity index (χ4n) is 4.13. The Morgan fingerprint density at radius 1 is 1.06 bits per heavy atom. The van der Waals surface area contributed by atoms with Gasteiger partial charge >= 0.3 is 0 Å². The average molecular weight is 429 g/mol. The largest absolute Gasteiger partial charge is 0.399 e. The van der Waals surface area contributed by atoms with Crippen LogP contribution in [0.25, 0.3) is 16.9 Å². The quantitative estimate of drug-likeness (QED) is 0.427. The van der Waals surface area contributed by atoms with Crippen molar-refractivity contribution >= 4 is 28.9 Å². The number of nitrogens with zero attached hydrogens (tertiary/aromatic N) is 2. The molecule has 0 aliphatic heterocycles. The number of nitrogens with one attached hydrogen (secondary N) is 1. The number of aromatic nitrogens is 2. The van der Waals surface area contributed by atoms with E-state index < -0.39 is 0 Å². The van der Waals surface area contributed by atoms with E-state index in [0.29, 0.717) is 16.3 Å². The summed E-state index contributed by atoms with van der Waals surface area (Å²) in [5, 5.41) is 8.22. The smallest absolute Gasteiger partial charge is 0.257 e. The first-order chi connectivity index (χ1) is 15.0. The molecular weight excluding hydrogens is 408 g/mol. The molecule has 1 aliphatic rings. The Labute approximate surface area is 185 Å². The van der Waals surface area contributed by atoms with Gasteiger partial charge in [0.1, 0.15) is 0 Å². The molecule has 0 bridgehead atoms. The van der Waals surface area contributed by atoms with Gasteiger partial charge in [-0.15, -0.1) is 0 Å². The number of aryl methyl sites for hydroxylation is 2. The predicted octanol–water partition coefficient (Wildman–Crippen LogP) is 5.43. The third kappa shape index (κ3) is 3.47. The minimum atomic E-state index is -0.232. The first kappa shape index (κ1) is 19.4. The highest BCUT2D eigenvalue weighted by Crippen LogP contribution is 2.38. The number of carbonyl (C=O) groups excluding carboxylic acids is 1. The lowest BCUT2D eigenvalue weighted by Gasteiger charge is -2.20. The van der Waals surface area contributed by atoms with Crippen LogP contribution in [0.3, 0.4) is 0 Å². The number of rotatable bonds is 3. The molecule has 0 atom stereocenters. The molecule has 5 rings (SSSR count). The van der Waals surface area contributed by atoms with Gasteiger partial charge < -0.3 is 11.1 Å². The van der Waals surface area contributed by atoms with E-state index in [9.17, 15) is 4.79 Å². The molecule has 0 saturated heterocycles. The topological polar surface area (TPSA) is 72.9 Å². The second-order valence-electron chi connectivity index (χ2n) is 7.72. The number of benzene rings is 3. The van der Waals surface area contributed by atoms with Crippen molar-refractivity contribution in [3.05, 3.63) is 94.1 Å². The molecule has 0 fully saturated rings. The summed E-state index contributed by atoms with van der Waals surface area (Å²) in [6, 6.07) is 20.8. The van der Waals surface area contributed by atoms with Crippen molar-refractivity contribution in [2.24, 2.45) is 0 Å². The van der Waals surface area contributed by atoms with Crippen molar-refractivity contribution in [1.82, 2.24) is 9.78 Å². The highest BCUT2D eigenvalue weighted by Gasteiger charge is 2.25. The molecule has 1 amide bonds. The van der Waals surface area contributed by atoms with E-state index in [4.69, 9.17) is 22.4 Å². The van der Waals surface area contributed by atoms with Gasteiger partial charge in [0.2, 0.25) is 0 Å². The predicted molar refractivity (Wildman–Crippen MR) is 125 cm³/mol. The summed E-state index contributed by atoms with van der Waals surface area (Å²) in [7, 11) is 0. The summed E-state index contributed by atoms with van der Waals surface area (Å²) in [5.41, 5.74) is 14.3. The van der Waals surface area contributed by atoms with E-state index in [1.807, 2.05) is 48.0 Å². The highest BCUT2D eigenvalue weighted by molar-refractivity contribution is 6.34. The zero-order valence-corrected chi connectivity index (χ0v) is 17.8. The van der Waals surface area contributed by atoms with E-state index in [0.717, 1.165) is 41.2 Å². The Hall–Kier alpha value is -3.57. The zero-order chi connectivity index (χ0) is 21.5. The van der Waals surface area contributed by atoms with Crippen LogP contribution in [0.1, 0.15) is 27.2 Å². The average Bonchev–Trinajstić information content (AvgIpc) is 3.11. The molecule has 31 heavy (non-hydrogen) atoms. The van der Waals surface area contributed by atoms with Crippen LogP contribution in [-0.4, -0.2) is 15.7 Å². The number of fused-ring (bicyclic) bond motifs is 3. The first-order valence-corrected chi connectivity index (χ1v) is 10.5. The molecule has 0 radical (unpaired) electrons. The Morgan fingerprint density at radius 3 is 2.61 bits per heavy atom. The molecule has 4 aromatic rings. The molecule has 6 heteroatoms. The van der Waals surface area contributed by atoms with E-state index in [2.05, 4.69) is 11.4 Å². The number of nitrogen functional groups attached to an aromatic ring is 1. The number of anilines is 2. The normalized spacial score (nSPS) is 12.2. The Balaban J connectivity index is 1.57. The van der Waals surface area contributed by atoms with Gasteiger partial charge in [0.05, 0.1) is 27.7 Å². The number of carbonyl (C=O) groups is 1. The van der Waals surface area contributed by atoms with Gasteiger partial charge in [-0.2, -0.15) is 5.10 Å². The van der Waals surface area contributed by atoms with Crippen LogP contribution in [0.5, 0.6) is 0 Å². The van der Waals surface area contributed by atoms with Gasteiger partial charge in [-0.3, -0.25) is 4.79 Å². The van der Waals surface area contributed by atoms with Gasteiger partial charge in [0.25, 0.3) is 5.91 Å². The number of hydrogen-bond donors (Lipinski definition) is 2. The molecule has 3 aromatic carbocycles. The van der Waals surface area contributed by atoms with Crippen molar-refractivity contribution in [2.45, 2.75) is 19.8 Å². The van der Waals surface area contributed by atoms with Crippen LogP contribution in [0.15, 0.2) is 66.7 Å². The summed E-state index contributed by atoms with van der Waals surface area (Å²) in [4.78, 5) is 12.7. The third-order valence-corrected chi connectivity index (χ3v) is 6.04. The van der Waals surface area contributed by atoms with Gasteiger partial charge in [0, 0.05) is 22.5 Å². The second-order valence-corrected chi connectivity index (χ2v) is 8.13. The fraction of sp³-hybridized carbons (Fsp3) is 0.120. The van der Waals surface area contributed by atoms with Gasteiger partial charge in [-0.25, -0.2) is 4.68 Å². The van der Waals surface area contributed by atoms with Crippen LogP contribution >= 0.6 is 11.6 Å². The number of amides is 1. The lowest BCUT2D eigenvalue weighted by molar-refractivity contribution is 0.102. The van der Waals surface area contributed by atoms with Gasteiger partial charge in [-0.1, -0.05) is 29.8 Å². The van der Waals surface area contributed by atoms with Crippen molar-refractivity contribution in [1.29, 1.82) is 0 Å². The summed E-state index contributed by atoms with van der Waals surface area (Å²) in [5.74, 6) is -0.232. The van der Waals surface area contributed by atoms with Crippen molar-refractivity contribution in [3.8, 4) is 16.9 Å². The van der Waals surface area contributed by atoms with E-state index in [1.54, 1.807) is 24.3 Å². The van der Waals surface area contributed by atoms with Crippen LogP contribution in [0, 0.1) is 6.92 Å². The second kappa shape index (κ2) is 7.60. The standard InChI is InChI=1S/C25H21ClN4O/c1-15-20-13-7-16-6-10-18(28-25(31)21-4-2-3-5-23(21)26)14-22(16)24(20)30(29-15)19-11-8-17(27)9-12-19/h2-6,8-12,14H,7,13,27H2,1H3,(H,28,31). The summed E-state index contributed by atoms with van der Waals surface area (Å²) in [6.45, 7) is 2.04. The van der Waals surface area contributed by atoms with Crippen molar-refractivity contribution in [3.63, 3.8) is 0 Å². The van der Waals surface area contributed by atoms with Gasteiger partial charge in [0.15, 0.2) is 0 Å². The van der Waals surface area contributed by atoms with Crippen molar-refractivity contribution in [2.75, 3.05) is 11.1 Å². The Bertz CT molecular complexity index is 1310. The molecule has 154 valence electrons. The van der Waals surface area contributed by atoms with Crippen molar-refractivity contribution < 1.29 is 4.79 Å². The molecule has 0 unspecified atom stereocenters. The molecule has 5 nitrogen and oxygen atoms in total. The summed E-state index contributed by atoms with van der Waals surface area (Å²) < 4.78 is 1.97. The minimum Gasteiger partial charge on any atom is -0.399 e. The van der Waals surface area contributed by atoms with Crippen LogP contribution in [0.2, 0.25) is 5.02 Å². The lowest BCUT2D eigenvalue weighted by Crippen LogP contribution is -2.13. The Kier molecular flexibility index (Phi) is 4.75. The molecule has 0 spiro atoms. The Morgan fingerprint density at radius 2 is 1.84 bits per heavy atom. The third-order valence-electron chi connectivity index (χ3n) is 5.71. The van der Waals surface area contributed by atoms with E-state index in [-0.39, 0.29) is 5.91 Å². The first-order valence-electron chi connectivity index (χ1n) is 10.1. The van der Waals surface area contributed by atoms with E-state index >= 15 is 0 Å². The summed E-state index contributed by atoms with van der Waals surface area (Å²) in [6.07, 6.45) is 1.88. The molecule has 0 saturated carbocycles. The zero-order valence-electron chi connectivity index (χ0n) is 17.0. The maximum Gasteiger partial charge on any atom is 0.257 e. The molecular formula is C25H21ClN4O. The summed E-state index contributed by atoms with van der Waals surface area (Å²) >= 11 is 6.19. The number of hydrogen-bond acceptors (Lipinski definition) is 3. The van der Waals surface area contributed by atoms with E-state index in [1.165, 1.54) is 11.1 Å². The fourth-order valence-corrected chi connectivity index (χ4v) is 4.36. The highest BCUT2D eigenvalue weighted by atomic mass is 35.5. The van der Waals surface area contributed by atoms with Crippen LogP contribution < -0.4 is 11.1 Å².